The molecule has 0 N–H and O–H groups in total. The van der Waals surface area contributed by atoms with E-state index in [4.69, 9.17) is 4.74 Å². The van der Waals surface area contributed by atoms with E-state index in [0.29, 0.717) is 37.1 Å². The van der Waals surface area contributed by atoms with E-state index in [1.165, 1.54) is 6.33 Å². The van der Waals surface area contributed by atoms with Crippen LogP contribution in [0.3, 0.4) is 0 Å². The molecule has 156 valence electrons. The Morgan fingerprint density at radius 2 is 1.87 bits per heavy atom. The van der Waals surface area contributed by atoms with Gasteiger partial charge in [-0.05, 0) is 36.2 Å². The molecule has 0 bridgehead atoms. The van der Waals surface area contributed by atoms with Crippen LogP contribution in [0, 0.1) is 5.92 Å². The Morgan fingerprint density at radius 3 is 2.53 bits per heavy atom. The number of ether oxygens (including phenoxy) is 1. The molecule has 0 radical (unpaired) electrons. The molecule has 0 spiro atoms. The highest BCUT2D eigenvalue weighted by Crippen LogP contribution is 2.19. The van der Waals surface area contributed by atoms with Gasteiger partial charge in [-0.3, -0.25) is 4.79 Å². The van der Waals surface area contributed by atoms with E-state index in [2.05, 4.69) is 33.8 Å². The molecule has 3 heterocycles. The first kappa shape index (κ1) is 19.9. The smallest absolute Gasteiger partial charge is 0.253 e. The number of carbonyl (C=O) groups is 1. The molecule has 0 atom stereocenters. The van der Waals surface area contributed by atoms with Crippen LogP contribution < -0.4 is 9.64 Å². The summed E-state index contributed by atoms with van der Waals surface area (Å²) >= 11 is 0. The molecule has 2 aromatic heterocycles. The Bertz CT molecular complexity index is 964. The number of aromatic nitrogens is 4. The molecule has 1 amide bonds. The molecule has 8 nitrogen and oxygen atoms in total. The quantitative estimate of drug-likeness (QED) is 0.626. The highest BCUT2D eigenvalue weighted by atomic mass is 16.5. The van der Waals surface area contributed by atoms with Crippen LogP contribution in [0.5, 0.6) is 5.88 Å². The van der Waals surface area contributed by atoms with Gasteiger partial charge in [0.2, 0.25) is 5.88 Å². The van der Waals surface area contributed by atoms with Crippen molar-refractivity contribution in [3.63, 3.8) is 0 Å². The number of hydrogen-bond donors (Lipinski definition) is 0. The van der Waals surface area contributed by atoms with Crippen molar-refractivity contribution in [2.24, 2.45) is 5.92 Å². The number of rotatable bonds is 6. The average molecular weight is 406 g/mol. The lowest BCUT2D eigenvalue weighted by Crippen LogP contribution is -2.49. The van der Waals surface area contributed by atoms with E-state index in [0.717, 1.165) is 24.6 Å². The van der Waals surface area contributed by atoms with Crippen molar-refractivity contribution < 1.29 is 9.53 Å². The molecule has 1 aliphatic heterocycles. The Morgan fingerprint density at radius 1 is 1.10 bits per heavy atom. The maximum atomic E-state index is 12.9. The summed E-state index contributed by atoms with van der Waals surface area (Å²) in [5.41, 5.74) is 1.62. The molecule has 4 rings (SSSR count). The number of nitrogens with zero attached hydrogens (tertiary/aromatic N) is 6. The summed E-state index contributed by atoms with van der Waals surface area (Å²) in [6.07, 6.45) is 5.14. The van der Waals surface area contributed by atoms with Crippen LogP contribution in [0.4, 0.5) is 5.82 Å². The topological polar surface area (TPSA) is 76.4 Å². The highest BCUT2D eigenvalue weighted by Gasteiger charge is 2.23. The van der Waals surface area contributed by atoms with Gasteiger partial charge >= 0.3 is 0 Å². The predicted molar refractivity (Wildman–Crippen MR) is 114 cm³/mol. The predicted octanol–water partition coefficient (Wildman–Crippen LogP) is 2.66. The van der Waals surface area contributed by atoms with Gasteiger partial charge in [-0.25, -0.2) is 14.6 Å². The van der Waals surface area contributed by atoms with Crippen molar-refractivity contribution in [3.8, 4) is 11.6 Å². The van der Waals surface area contributed by atoms with Gasteiger partial charge in [-0.2, -0.15) is 5.10 Å². The lowest BCUT2D eigenvalue weighted by molar-refractivity contribution is 0.0746. The first-order valence-corrected chi connectivity index (χ1v) is 10.2. The second-order valence-electron chi connectivity index (χ2n) is 7.70. The molecule has 3 aromatic rings. The van der Waals surface area contributed by atoms with E-state index >= 15 is 0 Å². The first-order chi connectivity index (χ1) is 14.6. The maximum absolute atomic E-state index is 12.9. The summed E-state index contributed by atoms with van der Waals surface area (Å²) in [6, 6.07) is 11.3. The van der Waals surface area contributed by atoms with E-state index < -0.39 is 0 Å². The second-order valence-corrected chi connectivity index (χ2v) is 7.70. The number of piperazine rings is 1. The normalized spacial score (nSPS) is 14.2. The Hall–Kier alpha value is -3.42. The summed E-state index contributed by atoms with van der Waals surface area (Å²) in [4.78, 5) is 25.5. The first-order valence-electron chi connectivity index (χ1n) is 10.2. The van der Waals surface area contributed by atoms with Crippen molar-refractivity contribution >= 4 is 11.7 Å². The summed E-state index contributed by atoms with van der Waals surface area (Å²) < 4.78 is 7.48. The van der Waals surface area contributed by atoms with Crippen LogP contribution in [0.25, 0.3) is 5.69 Å². The summed E-state index contributed by atoms with van der Waals surface area (Å²) in [6.45, 7) is 7.55. The van der Waals surface area contributed by atoms with Gasteiger partial charge in [0.05, 0.1) is 12.3 Å². The zero-order chi connectivity index (χ0) is 20.9. The van der Waals surface area contributed by atoms with Crippen LogP contribution in [0.2, 0.25) is 0 Å². The standard InChI is InChI=1S/C22H26N6O2/c1-17(2)15-30-21-14-20(23-16-24-21)26-10-12-27(13-11-26)22(29)18-4-6-19(7-5-18)28-9-3-8-25-28/h3-9,14,16-17H,10-13,15H2,1-2H3. The minimum atomic E-state index is 0.0466. The zero-order valence-electron chi connectivity index (χ0n) is 17.3. The van der Waals surface area contributed by atoms with Gasteiger partial charge in [0.15, 0.2) is 0 Å². The molecule has 8 heteroatoms. The monoisotopic (exact) mass is 406 g/mol. The van der Waals surface area contributed by atoms with Gasteiger partial charge in [0.25, 0.3) is 5.91 Å². The molecule has 1 saturated heterocycles. The number of amides is 1. The minimum Gasteiger partial charge on any atom is -0.477 e. The van der Waals surface area contributed by atoms with E-state index in [9.17, 15) is 4.79 Å². The van der Waals surface area contributed by atoms with E-state index in [1.807, 2.05) is 47.5 Å². The van der Waals surface area contributed by atoms with Crippen LogP contribution in [-0.2, 0) is 0 Å². The average Bonchev–Trinajstić information content (AvgIpc) is 3.33. The van der Waals surface area contributed by atoms with Crippen molar-refractivity contribution in [2.75, 3.05) is 37.7 Å². The van der Waals surface area contributed by atoms with Gasteiger partial charge in [0, 0.05) is 50.2 Å². The molecule has 30 heavy (non-hydrogen) atoms. The molecular weight excluding hydrogens is 380 g/mol. The molecule has 0 aliphatic carbocycles. The number of hydrogen-bond acceptors (Lipinski definition) is 6. The van der Waals surface area contributed by atoms with Gasteiger partial charge in [-0.1, -0.05) is 13.8 Å². The second kappa shape index (κ2) is 8.94. The zero-order valence-corrected chi connectivity index (χ0v) is 17.3. The number of anilines is 1. The lowest BCUT2D eigenvalue weighted by atomic mass is 10.1. The molecule has 1 aliphatic rings. The van der Waals surface area contributed by atoms with Gasteiger partial charge in [-0.15, -0.1) is 0 Å². The molecule has 0 saturated carbocycles. The molecular formula is C22H26N6O2. The third-order valence-electron chi connectivity index (χ3n) is 4.97. The fourth-order valence-corrected chi connectivity index (χ4v) is 3.33. The van der Waals surface area contributed by atoms with Crippen molar-refractivity contribution in [3.05, 3.63) is 60.7 Å². The summed E-state index contributed by atoms with van der Waals surface area (Å²) in [5.74, 6) is 1.90. The van der Waals surface area contributed by atoms with Crippen LogP contribution in [-0.4, -0.2) is 63.3 Å². The van der Waals surface area contributed by atoms with Crippen LogP contribution >= 0.6 is 0 Å². The Labute approximate surface area is 176 Å². The molecule has 1 aromatic carbocycles. The Balaban J connectivity index is 1.35. The van der Waals surface area contributed by atoms with Crippen molar-refractivity contribution in [1.82, 2.24) is 24.6 Å². The number of benzene rings is 1. The minimum absolute atomic E-state index is 0.0466. The van der Waals surface area contributed by atoms with Gasteiger partial charge < -0.3 is 14.5 Å². The number of carbonyl (C=O) groups excluding carboxylic acids is 1. The van der Waals surface area contributed by atoms with Crippen molar-refractivity contribution in [2.45, 2.75) is 13.8 Å². The van der Waals surface area contributed by atoms with Crippen LogP contribution in [0.1, 0.15) is 24.2 Å². The molecule has 1 fully saturated rings. The lowest BCUT2D eigenvalue weighted by Gasteiger charge is -2.35. The fourth-order valence-electron chi connectivity index (χ4n) is 3.33. The SMILES string of the molecule is CC(C)COc1cc(N2CCN(C(=O)c3ccc(-n4cccn4)cc3)CC2)ncn1. The maximum Gasteiger partial charge on any atom is 0.253 e. The molecule has 0 unspecified atom stereocenters. The summed E-state index contributed by atoms with van der Waals surface area (Å²) in [7, 11) is 0. The van der Waals surface area contributed by atoms with Crippen molar-refractivity contribution in [1.29, 1.82) is 0 Å². The Kier molecular flexibility index (Phi) is 5.92. The summed E-state index contributed by atoms with van der Waals surface area (Å²) in [5, 5.41) is 4.21. The van der Waals surface area contributed by atoms with Crippen LogP contribution in [0.15, 0.2) is 55.1 Å². The third kappa shape index (κ3) is 4.59. The fraction of sp³-hybridized carbons (Fsp3) is 0.364. The van der Waals surface area contributed by atoms with E-state index in [-0.39, 0.29) is 5.91 Å². The highest BCUT2D eigenvalue weighted by molar-refractivity contribution is 5.94. The van der Waals surface area contributed by atoms with Gasteiger partial charge in [0.1, 0.15) is 12.1 Å². The largest absolute Gasteiger partial charge is 0.477 e. The van der Waals surface area contributed by atoms with E-state index in [1.54, 1.807) is 10.9 Å². The third-order valence-corrected chi connectivity index (χ3v) is 4.97.